The summed E-state index contributed by atoms with van der Waals surface area (Å²) in [7, 11) is 0. The van der Waals surface area contributed by atoms with Crippen LogP contribution < -0.4 is 5.32 Å². The number of benzene rings is 1. The van der Waals surface area contributed by atoms with Gasteiger partial charge in [0.25, 0.3) is 0 Å². The molecule has 7 heteroatoms. The van der Waals surface area contributed by atoms with Gasteiger partial charge in [-0.25, -0.2) is 4.98 Å². The molecule has 0 fully saturated rings. The van der Waals surface area contributed by atoms with E-state index in [-0.39, 0.29) is 17.7 Å². The summed E-state index contributed by atoms with van der Waals surface area (Å²) in [6.45, 7) is 0.441. The first-order valence-electron chi connectivity index (χ1n) is 8.22. The first kappa shape index (κ1) is 18.5. The molecule has 0 bridgehead atoms. The lowest BCUT2D eigenvalue weighted by molar-refractivity contribution is 0.322. The van der Waals surface area contributed by atoms with Crippen LogP contribution in [0.4, 0.5) is 5.82 Å². The Balaban J connectivity index is 2.10. The van der Waals surface area contributed by atoms with E-state index in [1.165, 1.54) is 18.0 Å². The molecule has 2 heterocycles. The van der Waals surface area contributed by atoms with Crippen LogP contribution in [-0.4, -0.2) is 22.5 Å². The van der Waals surface area contributed by atoms with Crippen molar-refractivity contribution < 1.29 is 9.52 Å². The van der Waals surface area contributed by atoms with Gasteiger partial charge < -0.3 is 14.8 Å². The first-order chi connectivity index (χ1) is 13.3. The summed E-state index contributed by atoms with van der Waals surface area (Å²) in [6.07, 6.45) is 1.50. The third-order valence-corrected chi connectivity index (χ3v) is 4.74. The van der Waals surface area contributed by atoms with Gasteiger partial charge in [-0.15, -0.1) is 11.8 Å². The van der Waals surface area contributed by atoms with Crippen molar-refractivity contribution in [3.63, 3.8) is 0 Å². The minimum atomic E-state index is -0.0416. The summed E-state index contributed by atoms with van der Waals surface area (Å²) in [5.41, 5.74) is 1.98. The van der Waals surface area contributed by atoms with Crippen LogP contribution >= 0.6 is 11.8 Å². The van der Waals surface area contributed by atoms with Crippen molar-refractivity contribution >= 4 is 17.6 Å². The van der Waals surface area contributed by atoms with Crippen molar-refractivity contribution in [1.29, 1.82) is 10.5 Å². The standard InChI is InChI=1S/C20H16N4O2S/c21-11-15-18(17-7-4-9-26-17)16(12-22)20(27-10-8-25)24-19(15)23-13-14-5-2-1-3-6-14/h1-7,9,25H,8,10,13H2,(H,23,24). The average Bonchev–Trinajstić information content (AvgIpc) is 3.25. The summed E-state index contributed by atoms with van der Waals surface area (Å²) < 4.78 is 5.47. The van der Waals surface area contributed by atoms with Crippen molar-refractivity contribution in [2.45, 2.75) is 11.6 Å². The monoisotopic (exact) mass is 376 g/mol. The maximum atomic E-state index is 9.75. The molecule has 27 heavy (non-hydrogen) atoms. The van der Waals surface area contributed by atoms with Gasteiger partial charge in [-0.3, -0.25) is 0 Å². The molecule has 0 saturated heterocycles. The van der Waals surface area contributed by atoms with Gasteiger partial charge in [-0.05, 0) is 17.7 Å². The van der Waals surface area contributed by atoms with Crippen molar-refractivity contribution in [1.82, 2.24) is 4.98 Å². The van der Waals surface area contributed by atoms with Crippen LogP contribution in [0.25, 0.3) is 11.3 Å². The minimum absolute atomic E-state index is 0.0416. The van der Waals surface area contributed by atoms with Gasteiger partial charge in [0.1, 0.15) is 34.3 Å². The highest BCUT2D eigenvalue weighted by Gasteiger charge is 2.23. The van der Waals surface area contributed by atoms with E-state index in [0.29, 0.717) is 34.5 Å². The predicted octanol–water partition coefficient (Wildman–Crippen LogP) is 3.78. The molecular formula is C20H16N4O2S. The Kier molecular flexibility index (Phi) is 6.11. The highest BCUT2D eigenvalue weighted by Crippen LogP contribution is 2.36. The summed E-state index contributed by atoms with van der Waals surface area (Å²) in [4.78, 5) is 4.49. The SMILES string of the molecule is N#Cc1c(NCc2ccccc2)nc(SCCO)c(C#N)c1-c1ccco1. The van der Waals surface area contributed by atoms with Crippen LogP contribution in [0.1, 0.15) is 16.7 Å². The van der Waals surface area contributed by atoms with E-state index < -0.39 is 0 Å². The van der Waals surface area contributed by atoms with E-state index in [1.54, 1.807) is 12.1 Å². The van der Waals surface area contributed by atoms with Crippen LogP contribution in [0.5, 0.6) is 0 Å². The van der Waals surface area contributed by atoms with Gasteiger partial charge in [-0.1, -0.05) is 30.3 Å². The third-order valence-electron chi connectivity index (χ3n) is 3.79. The van der Waals surface area contributed by atoms with Gasteiger partial charge in [-0.2, -0.15) is 10.5 Å². The van der Waals surface area contributed by atoms with E-state index in [9.17, 15) is 10.5 Å². The molecule has 0 atom stereocenters. The Morgan fingerprint density at radius 3 is 2.48 bits per heavy atom. The van der Waals surface area contributed by atoms with Gasteiger partial charge in [0.05, 0.1) is 24.0 Å². The van der Waals surface area contributed by atoms with Crippen LogP contribution in [0.15, 0.2) is 58.2 Å². The van der Waals surface area contributed by atoms with E-state index in [0.717, 1.165) is 5.56 Å². The lowest BCUT2D eigenvalue weighted by Crippen LogP contribution is -2.07. The van der Waals surface area contributed by atoms with Crippen LogP contribution in [-0.2, 0) is 6.54 Å². The van der Waals surface area contributed by atoms with Gasteiger partial charge in [0, 0.05) is 12.3 Å². The van der Waals surface area contributed by atoms with E-state index in [2.05, 4.69) is 22.4 Å². The number of anilines is 1. The minimum Gasteiger partial charge on any atom is -0.464 e. The molecule has 6 nitrogen and oxygen atoms in total. The molecule has 0 unspecified atom stereocenters. The summed E-state index contributed by atoms with van der Waals surface area (Å²) >= 11 is 1.26. The molecule has 0 aliphatic carbocycles. The van der Waals surface area contributed by atoms with Gasteiger partial charge in [0.15, 0.2) is 0 Å². The number of hydrogen-bond acceptors (Lipinski definition) is 7. The summed E-state index contributed by atoms with van der Waals surface area (Å²) in [5.74, 6) is 1.20. The zero-order chi connectivity index (χ0) is 19.1. The number of nitriles is 2. The van der Waals surface area contributed by atoms with Crippen molar-refractivity contribution in [3.05, 3.63) is 65.4 Å². The van der Waals surface area contributed by atoms with Crippen molar-refractivity contribution in [3.8, 4) is 23.5 Å². The Hall–Kier alpha value is -3.26. The van der Waals surface area contributed by atoms with E-state index in [4.69, 9.17) is 9.52 Å². The maximum absolute atomic E-state index is 9.75. The number of rotatable bonds is 7. The average molecular weight is 376 g/mol. The highest BCUT2D eigenvalue weighted by atomic mass is 32.2. The second-order valence-electron chi connectivity index (χ2n) is 5.50. The molecule has 0 radical (unpaired) electrons. The topological polar surface area (TPSA) is 106 Å². The Labute approximate surface area is 161 Å². The molecule has 3 aromatic rings. The largest absolute Gasteiger partial charge is 0.464 e. The number of hydrogen-bond donors (Lipinski definition) is 2. The van der Waals surface area contributed by atoms with E-state index >= 15 is 0 Å². The number of furan rings is 1. The fourth-order valence-electron chi connectivity index (χ4n) is 2.60. The highest BCUT2D eigenvalue weighted by molar-refractivity contribution is 7.99. The Morgan fingerprint density at radius 1 is 1.07 bits per heavy atom. The van der Waals surface area contributed by atoms with Crippen LogP contribution in [0, 0.1) is 22.7 Å². The number of nitrogens with one attached hydrogen (secondary N) is 1. The molecule has 0 aliphatic rings. The maximum Gasteiger partial charge on any atom is 0.146 e. The molecule has 3 rings (SSSR count). The Bertz CT molecular complexity index is 990. The van der Waals surface area contributed by atoms with E-state index in [1.807, 2.05) is 30.3 Å². The van der Waals surface area contributed by atoms with Crippen LogP contribution in [0.2, 0.25) is 0 Å². The van der Waals surface area contributed by atoms with Crippen molar-refractivity contribution in [2.24, 2.45) is 0 Å². The van der Waals surface area contributed by atoms with Crippen LogP contribution in [0.3, 0.4) is 0 Å². The number of pyridine rings is 1. The fraction of sp³-hybridized carbons (Fsp3) is 0.150. The van der Waals surface area contributed by atoms with Gasteiger partial charge >= 0.3 is 0 Å². The molecule has 0 spiro atoms. The lowest BCUT2D eigenvalue weighted by Gasteiger charge is -2.14. The summed E-state index contributed by atoms with van der Waals surface area (Å²) in [5, 5.41) is 32.2. The van der Waals surface area contributed by atoms with Crippen molar-refractivity contribution in [2.75, 3.05) is 17.7 Å². The second-order valence-corrected chi connectivity index (χ2v) is 6.59. The molecule has 1 aromatic carbocycles. The first-order valence-corrected chi connectivity index (χ1v) is 9.20. The number of aliphatic hydroxyl groups excluding tert-OH is 1. The molecule has 0 amide bonds. The zero-order valence-corrected chi connectivity index (χ0v) is 15.2. The second kappa shape index (κ2) is 8.91. The normalized spacial score (nSPS) is 10.2. The smallest absolute Gasteiger partial charge is 0.146 e. The molecule has 2 aromatic heterocycles. The molecular weight excluding hydrogens is 360 g/mol. The molecule has 0 saturated carbocycles. The summed E-state index contributed by atoms with van der Waals surface area (Å²) in [6, 6.07) is 17.4. The fourth-order valence-corrected chi connectivity index (χ4v) is 3.33. The lowest BCUT2D eigenvalue weighted by atomic mass is 10.0. The third kappa shape index (κ3) is 4.12. The molecule has 2 N–H and O–H groups in total. The predicted molar refractivity (Wildman–Crippen MR) is 103 cm³/mol. The Morgan fingerprint density at radius 2 is 1.85 bits per heavy atom. The number of aliphatic hydroxyl groups is 1. The quantitative estimate of drug-likeness (QED) is 0.604. The van der Waals surface area contributed by atoms with Gasteiger partial charge in [0.2, 0.25) is 0 Å². The number of thioether (sulfide) groups is 1. The zero-order valence-electron chi connectivity index (χ0n) is 14.3. The number of aromatic nitrogens is 1. The number of nitrogens with zero attached hydrogens (tertiary/aromatic N) is 3. The molecule has 0 aliphatic heterocycles. The molecule has 134 valence electrons.